The second kappa shape index (κ2) is 11.0. The number of hydrogen-bond donors (Lipinski definition) is 2. The van der Waals surface area contributed by atoms with Gasteiger partial charge < -0.3 is 10.1 Å². The second-order valence-electron chi connectivity index (χ2n) is 6.97. The minimum Gasteiger partial charge on any atom is -0.494 e. The molecule has 0 spiro atoms. The van der Waals surface area contributed by atoms with Crippen LogP contribution in [-0.2, 0) is 21.2 Å². The Morgan fingerprint density at radius 1 is 1.03 bits per heavy atom. The fraction of sp³-hybridized carbons (Fsp3) is 0.409. The number of carbonyl (C=O) groups excluding carboxylic acids is 1. The molecule has 0 unspecified atom stereocenters. The largest absolute Gasteiger partial charge is 0.494 e. The Labute approximate surface area is 173 Å². The highest BCUT2D eigenvalue weighted by Crippen LogP contribution is 2.17. The van der Waals surface area contributed by atoms with Crippen LogP contribution in [0.2, 0.25) is 0 Å². The van der Waals surface area contributed by atoms with Gasteiger partial charge in [-0.25, -0.2) is 8.42 Å². The maximum atomic E-state index is 12.9. The molecule has 29 heavy (non-hydrogen) atoms. The summed E-state index contributed by atoms with van der Waals surface area (Å²) < 4.78 is 33.7. The first-order valence-corrected chi connectivity index (χ1v) is 11.4. The SMILES string of the molecule is CCC[C@H](C)NC(=O)[C@H](Cc1ccccc1)NS(=O)(=O)c1ccc(OCC)cc1. The number of amides is 1. The third-order valence-electron chi connectivity index (χ3n) is 4.45. The van der Waals surface area contributed by atoms with E-state index in [0.717, 1.165) is 18.4 Å². The van der Waals surface area contributed by atoms with Crippen molar-refractivity contribution >= 4 is 15.9 Å². The Hall–Kier alpha value is -2.38. The first kappa shape index (κ1) is 22.9. The average molecular weight is 419 g/mol. The molecule has 2 N–H and O–H groups in total. The van der Waals surface area contributed by atoms with Crippen LogP contribution in [0.15, 0.2) is 59.5 Å². The molecule has 2 atom stereocenters. The molecule has 0 saturated heterocycles. The van der Waals surface area contributed by atoms with Crippen LogP contribution in [0.4, 0.5) is 0 Å². The number of rotatable bonds is 11. The zero-order chi connectivity index (χ0) is 21.3. The second-order valence-corrected chi connectivity index (χ2v) is 8.68. The van der Waals surface area contributed by atoms with E-state index in [2.05, 4.69) is 10.0 Å². The van der Waals surface area contributed by atoms with Gasteiger partial charge in [-0.3, -0.25) is 4.79 Å². The molecule has 0 fully saturated rings. The van der Waals surface area contributed by atoms with Gasteiger partial charge in [0.15, 0.2) is 0 Å². The van der Waals surface area contributed by atoms with Gasteiger partial charge in [-0.1, -0.05) is 43.7 Å². The molecule has 0 aliphatic heterocycles. The average Bonchev–Trinajstić information content (AvgIpc) is 2.69. The van der Waals surface area contributed by atoms with Gasteiger partial charge in [0.05, 0.1) is 11.5 Å². The van der Waals surface area contributed by atoms with E-state index < -0.39 is 16.1 Å². The first-order valence-electron chi connectivity index (χ1n) is 9.95. The van der Waals surface area contributed by atoms with Crippen molar-refractivity contribution in [2.45, 2.75) is 57.0 Å². The van der Waals surface area contributed by atoms with E-state index in [1.165, 1.54) is 12.1 Å². The number of ether oxygens (including phenoxy) is 1. The number of sulfonamides is 1. The van der Waals surface area contributed by atoms with Crippen molar-refractivity contribution in [3.05, 3.63) is 60.2 Å². The smallest absolute Gasteiger partial charge is 0.241 e. The predicted octanol–water partition coefficient (Wildman–Crippen LogP) is 3.28. The molecule has 0 bridgehead atoms. The molecule has 158 valence electrons. The highest BCUT2D eigenvalue weighted by Gasteiger charge is 2.27. The Bertz CT molecular complexity index is 867. The quantitative estimate of drug-likeness (QED) is 0.587. The zero-order valence-corrected chi connectivity index (χ0v) is 18.0. The zero-order valence-electron chi connectivity index (χ0n) is 17.2. The fourth-order valence-corrected chi connectivity index (χ4v) is 4.22. The van der Waals surface area contributed by atoms with Gasteiger partial charge in [-0.15, -0.1) is 0 Å². The summed E-state index contributed by atoms with van der Waals surface area (Å²) in [6, 6.07) is 14.6. The molecule has 0 aromatic heterocycles. The van der Waals surface area contributed by atoms with E-state index in [0.29, 0.717) is 12.4 Å². The van der Waals surface area contributed by atoms with Crippen LogP contribution in [0, 0.1) is 0 Å². The van der Waals surface area contributed by atoms with Gasteiger partial charge in [-0.05, 0) is 56.5 Å². The van der Waals surface area contributed by atoms with Gasteiger partial charge in [0.25, 0.3) is 0 Å². The monoisotopic (exact) mass is 418 g/mol. The highest BCUT2D eigenvalue weighted by atomic mass is 32.2. The lowest BCUT2D eigenvalue weighted by Gasteiger charge is -2.21. The van der Waals surface area contributed by atoms with Gasteiger partial charge in [0, 0.05) is 6.04 Å². The van der Waals surface area contributed by atoms with E-state index in [4.69, 9.17) is 4.74 Å². The summed E-state index contributed by atoms with van der Waals surface area (Å²) in [5.41, 5.74) is 0.880. The Morgan fingerprint density at radius 3 is 2.28 bits per heavy atom. The number of hydrogen-bond acceptors (Lipinski definition) is 4. The van der Waals surface area contributed by atoms with Crippen molar-refractivity contribution in [1.29, 1.82) is 0 Å². The maximum Gasteiger partial charge on any atom is 0.241 e. The predicted molar refractivity (Wildman–Crippen MR) is 114 cm³/mol. The van der Waals surface area contributed by atoms with Crippen LogP contribution in [0.3, 0.4) is 0 Å². The van der Waals surface area contributed by atoms with Crippen molar-refractivity contribution in [3.8, 4) is 5.75 Å². The topological polar surface area (TPSA) is 84.5 Å². The van der Waals surface area contributed by atoms with Crippen molar-refractivity contribution in [2.75, 3.05) is 6.61 Å². The fourth-order valence-electron chi connectivity index (χ4n) is 3.02. The molecule has 0 aliphatic carbocycles. The van der Waals surface area contributed by atoms with E-state index in [1.807, 2.05) is 51.1 Å². The molecule has 0 heterocycles. The molecule has 2 aromatic carbocycles. The molecule has 2 rings (SSSR count). The molecule has 1 amide bonds. The summed E-state index contributed by atoms with van der Waals surface area (Å²) in [6.07, 6.45) is 2.03. The van der Waals surface area contributed by atoms with Crippen molar-refractivity contribution in [1.82, 2.24) is 10.0 Å². The summed E-state index contributed by atoms with van der Waals surface area (Å²) in [7, 11) is -3.87. The number of carbonyl (C=O) groups is 1. The molecule has 6 nitrogen and oxygen atoms in total. The lowest BCUT2D eigenvalue weighted by atomic mass is 10.1. The lowest BCUT2D eigenvalue weighted by Crippen LogP contribution is -2.50. The van der Waals surface area contributed by atoms with Crippen LogP contribution in [0.1, 0.15) is 39.2 Å². The summed E-state index contributed by atoms with van der Waals surface area (Å²) >= 11 is 0. The van der Waals surface area contributed by atoms with Crippen LogP contribution in [-0.4, -0.2) is 33.0 Å². The van der Waals surface area contributed by atoms with Crippen LogP contribution in [0.5, 0.6) is 5.75 Å². The molecule has 0 radical (unpaired) electrons. The minimum absolute atomic E-state index is 0.0271. The molecule has 2 aromatic rings. The molecule has 7 heteroatoms. The van der Waals surface area contributed by atoms with E-state index in [-0.39, 0.29) is 23.3 Å². The number of nitrogens with one attached hydrogen (secondary N) is 2. The summed E-state index contributed by atoms with van der Waals surface area (Å²) in [6.45, 7) is 6.32. The Balaban J connectivity index is 2.21. The number of benzene rings is 2. The third-order valence-corrected chi connectivity index (χ3v) is 5.94. The molecular formula is C22H30N2O4S. The third kappa shape index (κ3) is 7.18. The first-order chi connectivity index (χ1) is 13.9. The van der Waals surface area contributed by atoms with Crippen LogP contribution >= 0.6 is 0 Å². The summed E-state index contributed by atoms with van der Waals surface area (Å²) in [5, 5.41) is 2.92. The van der Waals surface area contributed by atoms with Gasteiger partial charge in [0.1, 0.15) is 11.8 Å². The van der Waals surface area contributed by atoms with Gasteiger partial charge >= 0.3 is 0 Å². The normalized spacial score (nSPS) is 13.5. The van der Waals surface area contributed by atoms with Crippen molar-refractivity contribution < 1.29 is 17.9 Å². The lowest BCUT2D eigenvalue weighted by molar-refractivity contribution is -0.123. The van der Waals surface area contributed by atoms with Gasteiger partial charge in [0.2, 0.25) is 15.9 Å². The summed E-state index contributed by atoms with van der Waals surface area (Å²) in [5.74, 6) is 0.266. The Kier molecular flexibility index (Phi) is 8.67. The molecule has 0 saturated carbocycles. The highest BCUT2D eigenvalue weighted by molar-refractivity contribution is 7.89. The maximum absolute atomic E-state index is 12.9. The van der Waals surface area contributed by atoms with Crippen LogP contribution < -0.4 is 14.8 Å². The van der Waals surface area contributed by atoms with E-state index >= 15 is 0 Å². The van der Waals surface area contributed by atoms with E-state index in [9.17, 15) is 13.2 Å². The standard InChI is InChI=1S/C22H30N2O4S/c1-4-9-17(3)23-22(25)21(16-18-10-7-6-8-11-18)24-29(26,27)20-14-12-19(13-15-20)28-5-2/h6-8,10-15,17,21,24H,4-5,9,16H2,1-3H3,(H,23,25)/t17-,21-/m0/s1. The van der Waals surface area contributed by atoms with Crippen molar-refractivity contribution in [2.24, 2.45) is 0 Å². The summed E-state index contributed by atoms with van der Waals surface area (Å²) in [4.78, 5) is 12.9. The molecule has 0 aliphatic rings. The van der Waals surface area contributed by atoms with Crippen LogP contribution in [0.25, 0.3) is 0 Å². The van der Waals surface area contributed by atoms with Gasteiger partial charge in [-0.2, -0.15) is 4.72 Å². The van der Waals surface area contributed by atoms with Crippen molar-refractivity contribution in [3.63, 3.8) is 0 Å². The Morgan fingerprint density at radius 2 is 1.69 bits per heavy atom. The van der Waals surface area contributed by atoms with E-state index in [1.54, 1.807) is 12.1 Å². The molecular weight excluding hydrogens is 388 g/mol. The minimum atomic E-state index is -3.87.